The molecule has 2 heterocycles. The van der Waals surface area contributed by atoms with Gasteiger partial charge in [0, 0.05) is 29.6 Å². The van der Waals surface area contributed by atoms with Crippen LogP contribution in [0.15, 0.2) is 36.8 Å². The Morgan fingerprint density at radius 1 is 1.35 bits per heavy atom. The van der Waals surface area contributed by atoms with E-state index in [0.29, 0.717) is 22.4 Å². The van der Waals surface area contributed by atoms with E-state index in [1.807, 2.05) is 35.7 Å². The van der Waals surface area contributed by atoms with Crippen molar-refractivity contribution in [1.29, 1.82) is 0 Å². The molecule has 0 aliphatic heterocycles. The molecule has 0 bridgehead atoms. The van der Waals surface area contributed by atoms with Gasteiger partial charge < -0.3 is 5.32 Å². The number of aromatic nitrogens is 3. The molecule has 1 aliphatic carbocycles. The molecule has 0 atom stereocenters. The van der Waals surface area contributed by atoms with Crippen LogP contribution in [0.2, 0.25) is 5.15 Å². The Balaban J connectivity index is 1.72. The van der Waals surface area contributed by atoms with Gasteiger partial charge in [0.15, 0.2) is 10.8 Å². The summed E-state index contributed by atoms with van der Waals surface area (Å²) in [4.78, 5) is 20.6. The maximum absolute atomic E-state index is 12.2. The van der Waals surface area contributed by atoms with Crippen molar-refractivity contribution < 1.29 is 4.79 Å². The molecule has 2 aromatic heterocycles. The molecule has 1 amide bonds. The molecule has 0 radical (unpaired) electrons. The predicted molar refractivity (Wildman–Crippen MR) is 88.7 cm³/mol. The topological polar surface area (TPSA) is 59.3 Å². The number of halogens is 1. The zero-order valence-electron chi connectivity index (χ0n) is 12.6. The number of benzene rings is 1. The van der Waals surface area contributed by atoms with Crippen molar-refractivity contribution in [2.24, 2.45) is 0 Å². The third-order valence-electron chi connectivity index (χ3n) is 4.06. The highest BCUT2D eigenvalue weighted by Gasteiger charge is 2.24. The van der Waals surface area contributed by atoms with Crippen LogP contribution in [0.4, 0.5) is 0 Å². The monoisotopic (exact) mass is 326 g/mol. The van der Waals surface area contributed by atoms with Gasteiger partial charge in [-0.2, -0.15) is 0 Å². The molecule has 3 aromatic rings. The molecule has 0 unspecified atom stereocenters. The van der Waals surface area contributed by atoms with Gasteiger partial charge >= 0.3 is 0 Å². The van der Waals surface area contributed by atoms with Gasteiger partial charge in [-0.15, -0.1) is 0 Å². The van der Waals surface area contributed by atoms with Gasteiger partial charge in [-0.25, -0.2) is 9.97 Å². The highest BCUT2D eigenvalue weighted by atomic mass is 35.5. The summed E-state index contributed by atoms with van der Waals surface area (Å²) in [6.07, 6.45) is 7.40. The van der Waals surface area contributed by atoms with E-state index in [9.17, 15) is 4.79 Å². The molecule has 5 nitrogen and oxygen atoms in total. The summed E-state index contributed by atoms with van der Waals surface area (Å²) >= 11 is 6.06. The lowest BCUT2D eigenvalue weighted by Gasteiger charge is -2.09. The number of aryl methyl sites for hydroxylation is 1. The predicted octanol–water partition coefficient (Wildman–Crippen LogP) is 3.25. The summed E-state index contributed by atoms with van der Waals surface area (Å²) in [5.41, 5.74) is 4.18. The fraction of sp³-hybridized carbons (Fsp3) is 0.235. The van der Waals surface area contributed by atoms with Crippen LogP contribution in [-0.2, 0) is 0 Å². The highest BCUT2D eigenvalue weighted by Crippen LogP contribution is 2.26. The van der Waals surface area contributed by atoms with Gasteiger partial charge in [0.05, 0.1) is 11.9 Å². The average Bonchev–Trinajstić information content (AvgIpc) is 3.23. The number of amides is 1. The molecular formula is C17H15ClN4O. The van der Waals surface area contributed by atoms with E-state index in [1.54, 1.807) is 12.4 Å². The number of carbonyl (C=O) groups is 1. The lowest BCUT2D eigenvalue weighted by molar-refractivity contribution is 0.0950. The van der Waals surface area contributed by atoms with Crippen LogP contribution in [0.25, 0.3) is 16.9 Å². The molecule has 1 aromatic carbocycles. The number of nitrogens with one attached hydrogen (secondary N) is 1. The van der Waals surface area contributed by atoms with E-state index >= 15 is 0 Å². The normalized spacial score (nSPS) is 14.2. The largest absolute Gasteiger partial charge is 0.349 e. The first-order valence-corrected chi connectivity index (χ1v) is 7.91. The van der Waals surface area contributed by atoms with Crippen molar-refractivity contribution in [3.05, 3.63) is 53.1 Å². The summed E-state index contributed by atoms with van der Waals surface area (Å²) in [7, 11) is 0. The molecule has 23 heavy (non-hydrogen) atoms. The zero-order valence-corrected chi connectivity index (χ0v) is 13.3. The Kier molecular flexibility index (Phi) is 3.31. The highest BCUT2D eigenvalue weighted by molar-refractivity contribution is 6.32. The summed E-state index contributed by atoms with van der Waals surface area (Å²) in [6.45, 7) is 1.95. The van der Waals surface area contributed by atoms with Crippen molar-refractivity contribution in [3.63, 3.8) is 0 Å². The Morgan fingerprint density at radius 2 is 2.17 bits per heavy atom. The minimum absolute atomic E-state index is 0.00179. The summed E-state index contributed by atoms with van der Waals surface area (Å²) in [6, 6.07) is 6.16. The zero-order chi connectivity index (χ0) is 16.0. The minimum atomic E-state index is 0.00179. The van der Waals surface area contributed by atoms with Crippen LogP contribution in [0.5, 0.6) is 0 Å². The summed E-state index contributed by atoms with van der Waals surface area (Å²) in [5, 5.41) is 3.39. The average molecular weight is 327 g/mol. The van der Waals surface area contributed by atoms with Crippen molar-refractivity contribution in [2.45, 2.75) is 25.8 Å². The maximum Gasteiger partial charge on any atom is 0.251 e. The van der Waals surface area contributed by atoms with Gasteiger partial charge in [-0.1, -0.05) is 17.7 Å². The van der Waals surface area contributed by atoms with E-state index in [1.165, 1.54) is 0 Å². The number of rotatable bonds is 3. The fourth-order valence-corrected chi connectivity index (χ4v) is 2.87. The van der Waals surface area contributed by atoms with Crippen LogP contribution in [-0.4, -0.2) is 26.3 Å². The van der Waals surface area contributed by atoms with E-state index < -0.39 is 0 Å². The molecule has 0 spiro atoms. The van der Waals surface area contributed by atoms with Gasteiger partial charge in [0.1, 0.15) is 0 Å². The quantitative estimate of drug-likeness (QED) is 0.803. The summed E-state index contributed by atoms with van der Waals surface area (Å²) < 4.78 is 1.90. The third-order valence-corrected chi connectivity index (χ3v) is 4.33. The third kappa shape index (κ3) is 2.57. The smallest absolute Gasteiger partial charge is 0.251 e. The lowest BCUT2D eigenvalue weighted by Crippen LogP contribution is -2.26. The van der Waals surface area contributed by atoms with Crippen LogP contribution in [0, 0.1) is 6.92 Å². The van der Waals surface area contributed by atoms with Crippen LogP contribution < -0.4 is 5.32 Å². The number of fused-ring (bicyclic) bond motifs is 1. The first-order valence-electron chi connectivity index (χ1n) is 7.53. The standard InChI is InChI=1S/C17H15ClN4O/c1-10-8-11(2-5-13(10)17(23)21-12-3-4-12)14-9-20-16-15(18)19-6-7-22(14)16/h2,5-9,12H,3-4H2,1H3,(H,21,23). The lowest BCUT2D eigenvalue weighted by atomic mass is 10.0. The Labute approximate surface area is 138 Å². The van der Waals surface area contributed by atoms with Gasteiger partial charge in [-0.3, -0.25) is 9.20 Å². The van der Waals surface area contributed by atoms with Crippen molar-refractivity contribution in [1.82, 2.24) is 19.7 Å². The first-order chi connectivity index (χ1) is 11.1. The molecular weight excluding hydrogens is 312 g/mol. The second-order valence-electron chi connectivity index (χ2n) is 5.83. The van der Waals surface area contributed by atoms with E-state index in [0.717, 1.165) is 29.7 Å². The SMILES string of the molecule is Cc1cc(-c2cnc3c(Cl)nccn23)ccc1C(=O)NC1CC1. The van der Waals surface area contributed by atoms with Crippen LogP contribution >= 0.6 is 11.6 Å². The first kappa shape index (κ1) is 14.2. The number of hydrogen-bond donors (Lipinski definition) is 1. The minimum Gasteiger partial charge on any atom is -0.349 e. The van der Waals surface area contributed by atoms with Crippen molar-refractivity contribution >= 4 is 23.2 Å². The van der Waals surface area contributed by atoms with Crippen LogP contribution in [0.1, 0.15) is 28.8 Å². The van der Waals surface area contributed by atoms with Gasteiger partial charge in [0.25, 0.3) is 5.91 Å². The molecule has 6 heteroatoms. The van der Waals surface area contributed by atoms with Crippen molar-refractivity contribution in [3.8, 4) is 11.3 Å². The Morgan fingerprint density at radius 3 is 2.91 bits per heavy atom. The second-order valence-corrected chi connectivity index (χ2v) is 6.19. The molecule has 1 aliphatic rings. The fourth-order valence-electron chi connectivity index (χ4n) is 2.67. The van der Waals surface area contributed by atoms with Crippen molar-refractivity contribution in [2.75, 3.05) is 0 Å². The Bertz CT molecular complexity index is 914. The number of hydrogen-bond acceptors (Lipinski definition) is 3. The molecule has 1 saturated carbocycles. The van der Waals surface area contributed by atoms with E-state index in [-0.39, 0.29) is 5.91 Å². The summed E-state index contributed by atoms with van der Waals surface area (Å²) in [5.74, 6) is 0.00179. The molecule has 4 rings (SSSR count). The van der Waals surface area contributed by atoms with E-state index in [2.05, 4.69) is 15.3 Å². The van der Waals surface area contributed by atoms with Crippen LogP contribution in [0.3, 0.4) is 0 Å². The number of nitrogens with zero attached hydrogens (tertiary/aromatic N) is 3. The number of imidazole rings is 1. The Hall–Kier alpha value is -2.40. The molecule has 1 N–H and O–H groups in total. The maximum atomic E-state index is 12.2. The molecule has 116 valence electrons. The van der Waals surface area contributed by atoms with Gasteiger partial charge in [-0.05, 0) is 37.5 Å². The second kappa shape index (κ2) is 5.35. The van der Waals surface area contributed by atoms with Gasteiger partial charge in [0.2, 0.25) is 0 Å². The van der Waals surface area contributed by atoms with E-state index in [4.69, 9.17) is 11.6 Å². The molecule has 1 fully saturated rings. The molecule has 0 saturated heterocycles. The number of carbonyl (C=O) groups excluding carboxylic acids is 1.